The van der Waals surface area contributed by atoms with Gasteiger partial charge in [0.15, 0.2) is 6.10 Å². The molecule has 270 valence electrons. The number of carboxylic acid groups (broad SMARTS) is 1. The van der Waals surface area contributed by atoms with Crippen LogP contribution < -0.4 is 9.47 Å². The van der Waals surface area contributed by atoms with Crippen molar-refractivity contribution < 1.29 is 86.0 Å². The van der Waals surface area contributed by atoms with Crippen LogP contribution in [0.2, 0.25) is 5.02 Å². The third kappa shape index (κ3) is 8.66. The first-order chi connectivity index (χ1) is 21.8. The largest absolute Gasteiger partial charge is 0.492 e. The third-order valence-electron chi connectivity index (χ3n) is 6.28. The Morgan fingerprint density at radius 1 is 0.771 bits per heavy atom. The second-order valence-corrected chi connectivity index (χ2v) is 10.2. The summed E-state index contributed by atoms with van der Waals surface area (Å²) in [6.45, 7) is -3.57. The minimum atomic E-state index is -8.11. The predicted molar refractivity (Wildman–Crippen MR) is 139 cm³/mol. The van der Waals surface area contributed by atoms with E-state index >= 15 is 0 Å². The summed E-state index contributed by atoms with van der Waals surface area (Å²) < 4.78 is 192. The van der Waals surface area contributed by atoms with Crippen molar-refractivity contribution in [3.63, 3.8) is 0 Å². The van der Waals surface area contributed by atoms with Crippen molar-refractivity contribution in [3.8, 4) is 11.5 Å². The minimum Gasteiger partial charge on any atom is -0.492 e. The van der Waals surface area contributed by atoms with E-state index in [9.17, 15) is 66.7 Å². The van der Waals surface area contributed by atoms with E-state index in [-0.39, 0.29) is 23.8 Å². The Morgan fingerprint density at radius 3 is 1.75 bits per heavy atom. The fourth-order valence-corrected chi connectivity index (χ4v) is 3.80. The number of nitrogens with zero attached hydrogens (tertiary/aromatic N) is 1. The molecule has 0 heterocycles. The number of ether oxygens (including phenoxy) is 3. The second kappa shape index (κ2) is 14.8. The van der Waals surface area contributed by atoms with E-state index in [0.29, 0.717) is 5.56 Å². The van der Waals surface area contributed by atoms with Gasteiger partial charge in [0.1, 0.15) is 18.1 Å². The highest BCUT2D eigenvalue weighted by atomic mass is 35.5. The second-order valence-electron chi connectivity index (χ2n) is 9.72. The van der Waals surface area contributed by atoms with Crippen LogP contribution in [0.15, 0.2) is 48.5 Å². The van der Waals surface area contributed by atoms with Crippen LogP contribution in [0.5, 0.6) is 11.5 Å². The van der Waals surface area contributed by atoms with Gasteiger partial charge in [-0.1, -0.05) is 23.7 Å². The van der Waals surface area contributed by atoms with Gasteiger partial charge in [0.05, 0.1) is 13.1 Å². The first-order valence-electron chi connectivity index (χ1n) is 13.1. The van der Waals surface area contributed by atoms with Gasteiger partial charge in [-0.15, -0.1) is 0 Å². The van der Waals surface area contributed by atoms with Gasteiger partial charge in [0.25, 0.3) is 0 Å². The molecule has 0 bridgehead atoms. The van der Waals surface area contributed by atoms with Crippen LogP contribution in [0, 0.1) is 0 Å². The first-order valence-corrected chi connectivity index (χ1v) is 13.4. The highest BCUT2D eigenvalue weighted by Crippen LogP contribution is 2.60. The SMILES string of the molecule is CCOC(Cc1ccc(OCCN(CC(F)(F)C(F)(F)C(F)(F)C(F)(F)C(F)(F)C(F)(F)F)C(=O)Oc2ccc(Cl)cc2)cc1)C(=O)O. The Kier molecular flexibility index (Phi) is 12.5. The van der Waals surface area contributed by atoms with E-state index in [0.717, 1.165) is 24.3 Å². The quantitative estimate of drug-likeness (QED) is 0.176. The van der Waals surface area contributed by atoms with Crippen molar-refractivity contribution in [1.82, 2.24) is 4.90 Å². The monoisotopic (exact) mass is 739 g/mol. The van der Waals surface area contributed by atoms with E-state index in [2.05, 4.69) is 4.74 Å². The van der Waals surface area contributed by atoms with E-state index in [4.69, 9.17) is 26.2 Å². The van der Waals surface area contributed by atoms with E-state index in [1.54, 1.807) is 6.92 Å². The van der Waals surface area contributed by atoms with Gasteiger partial charge < -0.3 is 19.3 Å². The number of carbonyl (C=O) groups is 2. The summed E-state index contributed by atoms with van der Waals surface area (Å²) in [5.74, 6) is -40.2. The molecule has 0 fully saturated rings. The molecule has 0 aromatic heterocycles. The molecule has 0 saturated heterocycles. The topological polar surface area (TPSA) is 85.3 Å². The summed E-state index contributed by atoms with van der Waals surface area (Å²) in [4.78, 5) is 23.4. The Bertz CT molecular complexity index is 1390. The Balaban J connectivity index is 2.33. The molecule has 1 N–H and O–H groups in total. The van der Waals surface area contributed by atoms with Gasteiger partial charge in [-0.25, -0.2) is 9.59 Å². The van der Waals surface area contributed by atoms with Crippen molar-refractivity contribution in [2.45, 2.75) is 55.2 Å². The van der Waals surface area contributed by atoms with Crippen LogP contribution >= 0.6 is 11.6 Å². The number of carbonyl (C=O) groups excluding carboxylic acids is 1. The molecule has 1 atom stereocenters. The lowest BCUT2D eigenvalue weighted by molar-refractivity contribution is -0.440. The van der Waals surface area contributed by atoms with Crippen LogP contribution in [0.1, 0.15) is 12.5 Å². The fraction of sp³-hybridized carbons (Fsp3) is 0.481. The lowest BCUT2D eigenvalue weighted by Crippen LogP contribution is -2.71. The molecule has 0 aliphatic carbocycles. The summed E-state index contributed by atoms with van der Waals surface area (Å²) in [5, 5.41) is 9.21. The smallest absolute Gasteiger partial charge is 0.460 e. The summed E-state index contributed by atoms with van der Waals surface area (Å²) >= 11 is 5.64. The van der Waals surface area contributed by atoms with Gasteiger partial charge in [-0.2, -0.15) is 57.1 Å². The van der Waals surface area contributed by atoms with Gasteiger partial charge in [-0.05, 0) is 48.9 Å². The summed E-state index contributed by atoms with van der Waals surface area (Å²) in [5.41, 5.74) is 0.395. The van der Waals surface area contributed by atoms with Gasteiger partial charge in [0, 0.05) is 18.1 Å². The fourth-order valence-electron chi connectivity index (χ4n) is 3.67. The maximum atomic E-state index is 14.7. The molecule has 2 aromatic carbocycles. The molecule has 0 aliphatic rings. The predicted octanol–water partition coefficient (Wildman–Crippen LogP) is 7.99. The average Bonchev–Trinajstić information content (AvgIpc) is 2.97. The molecule has 1 amide bonds. The summed E-state index contributed by atoms with van der Waals surface area (Å²) in [7, 11) is 0. The highest BCUT2D eigenvalue weighted by Gasteiger charge is 2.90. The molecule has 2 rings (SSSR count). The number of amides is 1. The first kappa shape index (κ1) is 40.5. The lowest BCUT2D eigenvalue weighted by Gasteiger charge is -2.40. The molecule has 7 nitrogen and oxygen atoms in total. The molecule has 0 spiro atoms. The van der Waals surface area contributed by atoms with Crippen molar-refractivity contribution in [2.24, 2.45) is 0 Å². The van der Waals surface area contributed by atoms with Gasteiger partial charge in [0.2, 0.25) is 0 Å². The van der Waals surface area contributed by atoms with Crippen molar-refractivity contribution in [3.05, 3.63) is 59.1 Å². The maximum absolute atomic E-state index is 14.7. The van der Waals surface area contributed by atoms with E-state index in [1.807, 2.05) is 0 Å². The Morgan fingerprint density at radius 2 is 1.27 bits per heavy atom. The molecule has 0 radical (unpaired) electrons. The Hall–Kier alpha value is -3.68. The van der Waals surface area contributed by atoms with Gasteiger partial charge in [-0.3, -0.25) is 4.90 Å². The highest BCUT2D eigenvalue weighted by molar-refractivity contribution is 6.30. The molecular formula is C27H23ClF13NO6. The molecule has 0 saturated carbocycles. The van der Waals surface area contributed by atoms with Crippen LogP contribution in [0.4, 0.5) is 61.9 Å². The third-order valence-corrected chi connectivity index (χ3v) is 6.53. The standard InChI is InChI=1S/C27H23ClF13NO6/c1-2-46-19(20(43)44)13-15-3-7-17(8-4-15)47-12-11-42(21(45)48-18-9-5-16(28)6-10-18)14-22(29,30)23(31,32)24(33,34)25(35,36)26(37,38)27(39,40)41/h3-10,19H,2,11-14H2,1H3,(H,43,44). The number of hydrogen-bond acceptors (Lipinski definition) is 5. The van der Waals surface area contributed by atoms with Crippen molar-refractivity contribution >= 4 is 23.7 Å². The van der Waals surface area contributed by atoms with Crippen LogP contribution in [-0.4, -0.2) is 90.3 Å². The molecule has 2 aromatic rings. The number of carboxylic acids is 1. The molecule has 1 unspecified atom stereocenters. The van der Waals surface area contributed by atoms with Gasteiger partial charge >= 0.3 is 47.9 Å². The zero-order chi connectivity index (χ0) is 36.9. The van der Waals surface area contributed by atoms with Crippen LogP contribution in [-0.2, 0) is 16.0 Å². The van der Waals surface area contributed by atoms with E-state index in [1.165, 1.54) is 24.3 Å². The lowest BCUT2D eigenvalue weighted by atomic mass is 9.93. The number of alkyl halides is 13. The maximum Gasteiger partial charge on any atom is 0.460 e. The molecule has 48 heavy (non-hydrogen) atoms. The Labute approximate surface area is 267 Å². The van der Waals surface area contributed by atoms with Crippen molar-refractivity contribution in [1.29, 1.82) is 0 Å². The van der Waals surface area contributed by atoms with E-state index < -0.39 is 84.3 Å². The number of benzene rings is 2. The van der Waals surface area contributed by atoms with Crippen molar-refractivity contribution in [2.75, 3.05) is 26.3 Å². The number of rotatable bonds is 16. The summed E-state index contributed by atoms with van der Waals surface area (Å²) in [6.07, 6.45) is -10.9. The summed E-state index contributed by atoms with van der Waals surface area (Å²) in [6, 6.07) is 9.09. The normalized spacial score (nSPS) is 14.0. The molecule has 21 heteroatoms. The molecule has 0 aliphatic heterocycles. The minimum absolute atomic E-state index is 0.0486. The molecular weight excluding hydrogens is 717 g/mol. The van der Waals surface area contributed by atoms with Crippen LogP contribution in [0.25, 0.3) is 0 Å². The zero-order valence-electron chi connectivity index (χ0n) is 24.0. The zero-order valence-corrected chi connectivity index (χ0v) is 24.7. The average molecular weight is 740 g/mol. The number of hydrogen-bond donors (Lipinski definition) is 1. The van der Waals surface area contributed by atoms with Crippen LogP contribution in [0.3, 0.4) is 0 Å². The number of halogens is 14. The number of aliphatic carboxylic acids is 1.